The van der Waals surface area contributed by atoms with Crippen LogP contribution in [0.2, 0.25) is 0 Å². The minimum Gasteiger partial charge on any atom is -0.381 e. The normalized spacial score (nSPS) is 17.9. The maximum Gasteiger partial charge on any atom is 0.123 e. The zero-order chi connectivity index (χ0) is 10.5. The Morgan fingerprint density at radius 2 is 1.80 bits per heavy atom. The molecule has 0 bridgehead atoms. The van der Waals surface area contributed by atoms with Gasteiger partial charge in [-0.25, -0.2) is 4.39 Å². The second kappa shape index (κ2) is 5.26. The lowest BCUT2D eigenvalue weighted by molar-refractivity contribution is 0.0640. The van der Waals surface area contributed by atoms with Gasteiger partial charge in [-0.15, -0.1) is 0 Å². The van der Waals surface area contributed by atoms with Crippen LogP contribution in [-0.2, 0) is 11.2 Å². The van der Waals surface area contributed by atoms with E-state index in [-0.39, 0.29) is 5.82 Å². The Morgan fingerprint density at radius 3 is 2.47 bits per heavy atom. The van der Waals surface area contributed by atoms with Crippen LogP contribution in [-0.4, -0.2) is 13.2 Å². The maximum absolute atomic E-state index is 12.7. The molecule has 0 N–H and O–H groups in total. The number of rotatable bonds is 3. The lowest BCUT2D eigenvalue weighted by atomic mass is 9.93. The molecule has 1 heterocycles. The molecule has 0 aromatic heterocycles. The third-order valence-corrected chi connectivity index (χ3v) is 3.10. The summed E-state index contributed by atoms with van der Waals surface area (Å²) in [5.74, 6) is 0.647. The van der Waals surface area contributed by atoms with Crippen molar-refractivity contribution in [3.8, 4) is 0 Å². The molecule has 2 rings (SSSR count). The summed E-state index contributed by atoms with van der Waals surface area (Å²) < 4.78 is 18.0. The highest BCUT2D eigenvalue weighted by molar-refractivity contribution is 5.16. The Morgan fingerprint density at radius 1 is 1.13 bits per heavy atom. The van der Waals surface area contributed by atoms with Gasteiger partial charge in [0.1, 0.15) is 5.82 Å². The van der Waals surface area contributed by atoms with Crippen LogP contribution in [0.25, 0.3) is 0 Å². The van der Waals surface area contributed by atoms with Crippen LogP contribution in [0, 0.1) is 11.7 Å². The van der Waals surface area contributed by atoms with Crippen LogP contribution in [0.5, 0.6) is 0 Å². The van der Waals surface area contributed by atoms with Crippen LogP contribution in [0.15, 0.2) is 24.3 Å². The zero-order valence-corrected chi connectivity index (χ0v) is 8.92. The molecule has 0 radical (unpaired) electrons. The van der Waals surface area contributed by atoms with Gasteiger partial charge in [-0.1, -0.05) is 12.1 Å². The van der Waals surface area contributed by atoms with Gasteiger partial charge in [0.15, 0.2) is 0 Å². The van der Waals surface area contributed by atoms with E-state index < -0.39 is 0 Å². The van der Waals surface area contributed by atoms with Crippen molar-refractivity contribution in [3.05, 3.63) is 35.6 Å². The van der Waals surface area contributed by atoms with Crippen molar-refractivity contribution in [1.29, 1.82) is 0 Å². The fourth-order valence-corrected chi connectivity index (χ4v) is 2.06. The van der Waals surface area contributed by atoms with Gasteiger partial charge in [0, 0.05) is 13.2 Å². The average molecular weight is 208 g/mol. The maximum atomic E-state index is 12.7. The standard InChI is InChI=1S/C13H17FO/c14-13-5-3-11(4-6-13)1-2-12-7-9-15-10-8-12/h3-6,12H,1-2,7-10H2. The molecule has 0 atom stereocenters. The minimum atomic E-state index is -0.148. The molecule has 0 saturated carbocycles. The first-order valence-corrected chi connectivity index (χ1v) is 5.67. The van der Waals surface area contributed by atoms with Crippen molar-refractivity contribution in [3.63, 3.8) is 0 Å². The minimum absolute atomic E-state index is 0.148. The second-order valence-corrected chi connectivity index (χ2v) is 4.22. The highest BCUT2D eigenvalue weighted by atomic mass is 19.1. The number of ether oxygens (including phenoxy) is 1. The van der Waals surface area contributed by atoms with E-state index >= 15 is 0 Å². The van der Waals surface area contributed by atoms with Crippen LogP contribution in [0.3, 0.4) is 0 Å². The second-order valence-electron chi connectivity index (χ2n) is 4.22. The molecular formula is C13H17FO. The largest absolute Gasteiger partial charge is 0.381 e. The third kappa shape index (κ3) is 3.31. The van der Waals surface area contributed by atoms with Gasteiger partial charge in [-0.2, -0.15) is 0 Å². The molecular weight excluding hydrogens is 191 g/mol. The molecule has 1 nitrogen and oxygen atoms in total. The molecule has 0 aliphatic carbocycles. The lowest BCUT2D eigenvalue weighted by Gasteiger charge is -2.21. The summed E-state index contributed by atoms with van der Waals surface area (Å²) in [7, 11) is 0. The summed E-state index contributed by atoms with van der Waals surface area (Å²) in [6, 6.07) is 6.85. The van der Waals surface area contributed by atoms with Crippen LogP contribution < -0.4 is 0 Å². The van der Waals surface area contributed by atoms with Crippen molar-refractivity contribution in [2.24, 2.45) is 5.92 Å². The van der Waals surface area contributed by atoms with Crippen LogP contribution in [0.1, 0.15) is 24.8 Å². The number of hydrogen-bond donors (Lipinski definition) is 0. The van der Waals surface area contributed by atoms with Crippen molar-refractivity contribution in [2.45, 2.75) is 25.7 Å². The molecule has 1 aromatic rings. The quantitative estimate of drug-likeness (QED) is 0.741. The summed E-state index contributed by atoms with van der Waals surface area (Å²) in [5.41, 5.74) is 1.24. The van der Waals surface area contributed by atoms with E-state index in [1.165, 1.54) is 24.8 Å². The fraction of sp³-hybridized carbons (Fsp3) is 0.538. The molecule has 0 spiro atoms. The number of aryl methyl sites for hydroxylation is 1. The summed E-state index contributed by atoms with van der Waals surface area (Å²) in [4.78, 5) is 0. The van der Waals surface area contributed by atoms with E-state index in [2.05, 4.69) is 0 Å². The zero-order valence-electron chi connectivity index (χ0n) is 8.92. The molecule has 1 saturated heterocycles. The Kier molecular flexibility index (Phi) is 3.73. The van der Waals surface area contributed by atoms with Gasteiger partial charge in [0.05, 0.1) is 0 Å². The summed E-state index contributed by atoms with van der Waals surface area (Å²) in [6.45, 7) is 1.82. The van der Waals surface area contributed by atoms with Crippen molar-refractivity contribution >= 4 is 0 Å². The predicted molar refractivity (Wildman–Crippen MR) is 58.3 cm³/mol. The number of halogens is 1. The predicted octanol–water partition coefficient (Wildman–Crippen LogP) is 3.18. The van der Waals surface area contributed by atoms with Crippen LogP contribution >= 0.6 is 0 Å². The summed E-state index contributed by atoms with van der Waals surface area (Å²) in [6.07, 6.45) is 4.63. The highest BCUT2D eigenvalue weighted by Gasteiger charge is 2.13. The van der Waals surface area contributed by atoms with E-state index in [0.717, 1.165) is 25.6 Å². The van der Waals surface area contributed by atoms with Gasteiger partial charge >= 0.3 is 0 Å². The molecule has 1 fully saturated rings. The van der Waals surface area contributed by atoms with E-state index in [1.807, 2.05) is 12.1 Å². The SMILES string of the molecule is Fc1ccc(CCC2CCOCC2)cc1. The molecule has 1 aliphatic heterocycles. The number of hydrogen-bond acceptors (Lipinski definition) is 1. The monoisotopic (exact) mass is 208 g/mol. The fourth-order valence-electron chi connectivity index (χ4n) is 2.06. The smallest absolute Gasteiger partial charge is 0.123 e. The molecule has 2 heteroatoms. The van der Waals surface area contributed by atoms with Crippen molar-refractivity contribution < 1.29 is 9.13 Å². The van der Waals surface area contributed by atoms with E-state index in [0.29, 0.717) is 0 Å². The highest BCUT2D eigenvalue weighted by Crippen LogP contribution is 2.20. The lowest BCUT2D eigenvalue weighted by Crippen LogP contribution is -2.16. The molecule has 1 aromatic carbocycles. The van der Waals surface area contributed by atoms with E-state index in [9.17, 15) is 4.39 Å². The third-order valence-electron chi connectivity index (χ3n) is 3.10. The Labute approximate surface area is 90.3 Å². The molecule has 1 aliphatic rings. The molecule has 0 unspecified atom stereocenters. The number of benzene rings is 1. The first-order valence-electron chi connectivity index (χ1n) is 5.67. The van der Waals surface area contributed by atoms with Crippen LogP contribution in [0.4, 0.5) is 4.39 Å². The van der Waals surface area contributed by atoms with Crippen molar-refractivity contribution in [2.75, 3.05) is 13.2 Å². The van der Waals surface area contributed by atoms with Gasteiger partial charge < -0.3 is 4.74 Å². The Hall–Kier alpha value is -0.890. The average Bonchev–Trinajstić information content (AvgIpc) is 2.30. The molecule has 82 valence electrons. The summed E-state index contributed by atoms with van der Waals surface area (Å²) in [5, 5.41) is 0. The van der Waals surface area contributed by atoms with Gasteiger partial charge in [-0.3, -0.25) is 0 Å². The Bertz CT molecular complexity index is 288. The first kappa shape index (κ1) is 10.6. The first-order chi connectivity index (χ1) is 7.34. The van der Waals surface area contributed by atoms with Gasteiger partial charge in [0.2, 0.25) is 0 Å². The molecule has 15 heavy (non-hydrogen) atoms. The van der Waals surface area contributed by atoms with E-state index in [1.54, 1.807) is 12.1 Å². The summed E-state index contributed by atoms with van der Waals surface area (Å²) >= 11 is 0. The van der Waals surface area contributed by atoms with Gasteiger partial charge in [0.25, 0.3) is 0 Å². The van der Waals surface area contributed by atoms with Crippen molar-refractivity contribution in [1.82, 2.24) is 0 Å². The topological polar surface area (TPSA) is 9.23 Å². The molecule has 0 amide bonds. The van der Waals surface area contributed by atoms with Gasteiger partial charge in [-0.05, 0) is 49.3 Å². The Balaban J connectivity index is 1.79. The van der Waals surface area contributed by atoms with E-state index in [4.69, 9.17) is 4.74 Å².